The predicted molar refractivity (Wildman–Crippen MR) is 444 cm³/mol. The summed E-state index contributed by atoms with van der Waals surface area (Å²) in [5.41, 5.74) is 0. The lowest BCUT2D eigenvalue weighted by molar-refractivity contribution is -0.360. The van der Waals surface area contributed by atoms with Crippen LogP contribution in [0.1, 0.15) is 374 Å². The summed E-state index contributed by atoms with van der Waals surface area (Å²) in [5.74, 6) is -3.00. The van der Waals surface area contributed by atoms with Crippen molar-refractivity contribution in [2.75, 3.05) is 26.4 Å². The fourth-order valence-electron chi connectivity index (χ4n) is 14.8. The Bertz CT molecular complexity index is 2540. The van der Waals surface area contributed by atoms with Crippen LogP contribution in [0.3, 0.4) is 0 Å². The Labute approximate surface area is 691 Å². The van der Waals surface area contributed by atoms with Crippen LogP contribution in [0, 0.1) is 0 Å². The first-order valence-electron chi connectivity index (χ1n) is 45.7. The SMILES string of the molecule is CCCCCC/C=C\CCCCCCCCCC(=O)OCC1OC(OC2C(OC(=O)CCCCC/C=C\CCCCCCCC)C(O)C(O)C(OC3OC(CO)C(O)C(O)C3O)C2OP(=O)(O)OCC(COC(=O)CCCCCCCCCCCCCCC)OC(=O)CCCCCCCCC/C=C\CCCCCC)C(O)C(O)C1O. The lowest BCUT2D eigenvalue weighted by Crippen LogP contribution is -2.70. The Morgan fingerprint density at radius 1 is 0.339 bits per heavy atom. The summed E-state index contributed by atoms with van der Waals surface area (Å²) in [6.07, 6.45) is 28.7. The van der Waals surface area contributed by atoms with E-state index < -0.39 is 162 Å². The highest BCUT2D eigenvalue weighted by Crippen LogP contribution is 2.49. The zero-order valence-electron chi connectivity index (χ0n) is 71.3. The van der Waals surface area contributed by atoms with Crippen molar-refractivity contribution in [3.8, 4) is 0 Å². The fourth-order valence-corrected chi connectivity index (χ4v) is 15.7. The van der Waals surface area contributed by atoms with Gasteiger partial charge in [0.05, 0.1) is 13.2 Å². The van der Waals surface area contributed by atoms with Crippen molar-refractivity contribution in [3.63, 3.8) is 0 Å². The van der Waals surface area contributed by atoms with Crippen LogP contribution in [0.25, 0.3) is 0 Å². The molecule has 0 radical (unpaired) electrons. The molecule has 672 valence electrons. The molecule has 26 heteroatoms. The zero-order chi connectivity index (χ0) is 84.0. The molecule has 2 heterocycles. The number of carbonyl (C=O) groups excluding carboxylic acids is 4. The number of rotatable bonds is 73. The minimum atomic E-state index is -5.81. The second kappa shape index (κ2) is 68.3. The van der Waals surface area contributed by atoms with Crippen LogP contribution in [0.2, 0.25) is 0 Å². The molecule has 2 aliphatic heterocycles. The van der Waals surface area contributed by atoms with Gasteiger partial charge in [-0.3, -0.25) is 28.2 Å². The molecule has 18 unspecified atom stereocenters. The topological polar surface area (TPSA) is 380 Å². The first kappa shape index (κ1) is 106. The van der Waals surface area contributed by atoms with E-state index in [1.165, 1.54) is 122 Å². The molecule has 10 N–H and O–H groups in total. The third-order valence-corrected chi connectivity index (χ3v) is 23.1. The number of aliphatic hydroxyl groups excluding tert-OH is 9. The number of esters is 4. The van der Waals surface area contributed by atoms with Crippen molar-refractivity contribution in [1.29, 1.82) is 0 Å². The van der Waals surface area contributed by atoms with Gasteiger partial charge in [-0.05, 0) is 103 Å². The predicted octanol–water partition coefficient (Wildman–Crippen LogP) is 16.3. The highest BCUT2D eigenvalue weighted by Gasteiger charge is 2.60. The standard InChI is InChI=1S/C89H161O25P/c1-5-9-13-17-21-25-29-33-35-39-42-46-50-54-58-62-73(92)106-68-71-77(96)79(98)83(102)89(110-71)113-86-84(111-75(94)64-60-56-52-48-43-38-32-28-24-20-16-12-8-4)80(99)81(100)85(112-88-82(101)78(97)76(95)70(65-90)109-88)87(86)114-115(103,104)107-67-69(66-105-72(91)61-57-53-49-45-41-37-31-27-23-19-15-11-7-3)108-74(93)63-59-55-51-47-44-40-36-34-30-26-22-18-14-10-6-2/h25-26,29-30,38,43,69-71,76-90,95-102H,5-24,27-28,31-37,39-42,44-68H2,1-4H3,(H,103,104)/b29-25-,30-26-,43-38-. The number of hydrogen-bond donors (Lipinski definition) is 10. The largest absolute Gasteiger partial charge is 0.472 e. The maximum atomic E-state index is 14.9. The van der Waals surface area contributed by atoms with Gasteiger partial charge in [-0.25, -0.2) is 4.57 Å². The summed E-state index contributed by atoms with van der Waals surface area (Å²) in [7, 11) is -5.81. The van der Waals surface area contributed by atoms with E-state index in [1.807, 2.05) is 0 Å². The summed E-state index contributed by atoms with van der Waals surface area (Å²) in [6, 6.07) is 0. The quantitative estimate of drug-likeness (QED) is 0.00889. The smallest absolute Gasteiger partial charge is 0.463 e. The average molecular weight is 1660 g/mol. The molecule has 3 aliphatic rings. The molecular weight excluding hydrogens is 1500 g/mol. The van der Waals surface area contributed by atoms with Crippen LogP contribution in [0.15, 0.2) is 36.5 Å². The summed E-state index contributed by atoms with van der Waals surface area (Å²) in [5, 5.41) is 102. The van der Waals surface area contributed by atoms with E-state index in [0.29, 0.717) is 38.5 Å². The van der Waals surface area contributed by atoms with E-state index in [-0.39, 0.29) is 32.1 Å². The van der Waals surface area contributed by atoms with Gasteiger partial charge in [-0.15, -0.1) is 0 Å². The Morgan fingerprint density at radius 3 is 1.05 bits per heavy atom. The molecule has 3 fully saturated rings. The van der Waals surface area contributed by atoms with Crippen molar-refractivity contribution in [2.45, 2.75) is 479 Å². The monoisotopic (exact) mass is 1660 g/mol. The molecule has 115 heavy (non-hydrogen) atoms. The minimum absolute atomic E-state index is 0.00685. The summed E-state index contributed by atoms with van der Waals surface area (Å²) < 4.78 is 73.3. The van der Waals surface area contributed by atoms with Gasteiger partial charge in [-0.2, -0.15) is 0 Å². The first-order valence-corrected chi connectivity index (χ1v) is 47.2. The molecule has 0 aromatic carbocycles. The second-order valence-corrected chi connectivity index (χ2v) is 33.9. The van der Waals surface area contributed by atoms with Crippen molar-refractivity contribution in [2.24, 2.45) is 0 Å². The molecule has 0 spiro atoms. The van der Waals surface area contributed by atoms with Gasteiger partial charge in [0.25, 0.3) is 0 Å². The van der Waals surface area contributed by atoms with Crippen LogP contribution in [0.5, 0.6) is 0 Å². The van der Waals surface area contributed by atoms with Gasteiger partial charge in [0, 0.05) is 25.7 Å². The number of carbonyl (C=O) groups is 4. The summed E-state index contributed by atoms with van der Waals surface area (Å²) in [4.78, 5) is 66.3. The number of phosphoric ester groups is 1. The molecule has 1 aliphatic carbocycles. The third kappa shape index (κ3) is 48.8. The van der Waals surface area contributed by atoms with E-state index in [1.54, 1.807) is 0 Å². The second-order valence-electron chi connectivity index (χ2n) is 32.4. The van der Waals surface area contributed by atoms with Crippen molar-refractivity contribution in [3.05, 3.63) is 36.5 Å². The summed E-state index contributed by atoms with van der Waals surface area (Å²) >= 11 is 0. The van der Waals surface area contributed by atoms with Crippen molar-refractivity contribution < 1.29 is 122 Å². The number of unbranched alkanes of at least 4 members (excludes halogenated alkanes) is 43. The fraction of sp³-hybridized carbons (Fsp3) is 0.888. The van der Waals surface area contributed by atoms with E-state index in [4.69, 9.17) is 46.9 Å². The van der Waals surface area contributed by atoms with Crippen molar-refractivity contribution >= 4 is 31.7 Å². The van der Waals surface area contributed by atoms with Gasteiger partial charge in [0.1, 0.15) is 92.6 Å². The van der Waals surface area contributed by atoms with E-state index in [0.717, 1.165) is 154 Å². The van der Waals surface area contributed by atoms with Gasteiger partial charge in [0.2, 0.25) is 0 Å². The molecule has 1 saturated carbocycles. The molecule has 2 saturated heterocycles. The van der Waals surface area contributed by atoms with Gasteiger partial charge >= 0.3 is 31.7 Å². The number of ether oxygens (including phenoxy) is 8. The highest BCUT2D eigenvalue weighted by molar-refractivity contribution is 7.47. The molecular formula is C89H161O25P. The molecule has 25 nitrogen and oxygen atoms in total. The number of hydrogen-bond acceptors (Lipinski definition) is 24. The Hall–Kier alpha value is -3.31. The lowest BCUT2D eigenvalue weighted by atomic mass is 9.84. The maximum Gasteiger partial charge on any atom is 0.472 e. The molecule has 0 aromatic rings. The highest BCUT2D eigenvalue weighted by atomic mass is 31.2. The van der Waals surface area contributed by atoms with Crippen LogP contribution < -0.4 is 0 Å². The summed E-state index contributed by atoms with van der Waals surface area (Å²) in [6.45, 7) is 5.53. The van der Waals surface area contributed by atoms with Crippen LogP contribution >= 0.6 is 7.82 Å². The molecule has 18 atom stereocenters. The molecule has 0 aromatic heterocycles. The average Bonchev–Trinajstić information content (AvgIpc) is 0.756. The van der Waals surface area contributed by atoms with Gasteiger partial charge in [-0.1, -0.05) is 282 Å². The number of allylic oxidation sites excluding steroid dienone is 6. The molecule has 0 amide bonds. The van der Waals surface area contributed by atoms with Gasteiger partial charge in [0.15, 0.2) is 24.8 Å². The van der Waals surface area contributed by atoms with Crippen LogP contribution in [-0.4, -0.2) is 205 Å². The van der Waals surface area contributed by atoms with E-state index >= 15 is 0 Å². The zero-order valence-corrected chi connectivity index (χ0v) is 72.2. The van der Waals surface area contributed by atoms with E-state index in [9.17, 15) is 74.6 Å². The maximum absolute atomic E-state index is 14.9. The Morgan fingerprint density at radius 2 is 0.652 bits per heavy atom. The minimum Gasteiger partial charge on any atom is -0.463 e. The Balaban J connectivity index is 1.93. The third-order valence-electron chi connectivity index (χ3n) is 22.1. The Kier molecular flexibility index (Phi) is 62.8. The van der Waals surface area contributed by atoms with Crippen molar-refractivity contribution in [1.82, 2.24) is 0 Å². The molecule has 3 rings (SSSR count). The lowest BCUT2D eigenvalue weighted by Gasteiger charge is -2.50. The van der Waals surface area contributed by atoms with E-state index in [2.05, 4.69) is 64.2 Å². The van der Waals surface area contributed by atoms with Gasteiger partial charge < -0.3 is 88.7 Å². The van der Waals surface area contributed by atoms with Crippen LogP contribution in [0.4, 0.5) is 0 Å². The van der Waals surface area contributed by atoms with Crippen LogP contribution in [-0.2, 0) is 70.7 Å². The first-order chi connectivity index (χ1) is 55.7. The number of aliphatic hydroxyl groups is 9. The number of phosphoric acid groups is 1. The molecule has 0 bridgehead atoms. The normalized spacial score (nSPS) is 25.4.